The summed E-state index contributed by atoms with van der Waals surface area (Å²) in [4.78, 5) is 1.38. The Morgan fingerprint density at radius 2 is 2.18 bits per heavy atom. The molecule has 0 radical (unpaired) electrons. The van der Waals surface area contributed by atoms with E-state index in [4.69, 9.17) is 11.6 Å². The van der Waals surface area contributed by atoms with Gasteiger partial charge in [-0.2, -0.15) is 0 Å². The van der Waals surface area contributed by atoms with Gasteiger partial charge in [0, 0.05) is 17.2 Å². The second kappa shape index (κ2) is 4.96. The number of benzene rings is 1. The summed E-state index contributed by atoms with van der Waals surface area (Å²) in [7, 11) is 0. The van der Waals surface area contributed by atoms with Crippen molar-refractivity contribution in [2.75, 3.05) is 5.88 Å². The van der Waals surface area contributed by atoms with E-state index in [1.54, 1.807) is 11.3 Å². The zero-order chi connectivity index (χ0) is 11.7. The molecule has 0 bridgehead atoms. The van der Waals surface area contributed by atoms with Crippen molar-refractivity contribution >= 4 is 34.7 Å². The molecule has 1 aliphatic heterocycles. The van der Waals surface area contributed by atoms with Crippen molar-refractivity contribution in [1.82, 2.24) is 10.2 Å². The zero-order valence-corrected chi connectivity index (χ0v) is 11.5. The monoisotopic (exact) mass is 282 g/mol. The van der Waals surface area contributed by atoms with Gasteiger partial charge >= 0.3 is 0 Å². The predicted molar refractivity (Wildman–Crippen MR) is 73.1 cm³/mol. The van der Waals surface area contributed by atoms with Crippen LogP contribution in [0.25, 0.3) is 0 Å². The number of aryl methyl sites for hydroxylation is 1. The summed E-state index contributed by atoms with van der Waals surface area (Å²) >= 11 is 9.31. The Kier molecular flexibility index (Phi) is 3.36. The fourth-order valence-corrected chi connectivity index (χ4v) is 4.48. The Morgan fingerprint density at radius 1 is 1.29 bits per heavy atom. The molecule has 1 aliphatic rings. The number of nitrogens with zero attached hydrogens (tertiary/aromatic N) is 2. The van der Waals surface area contributed by atoms with E-state index in [0.717, 1.165) is 22.9 Å². The summed E-state index contributed by atoms with van der Waals surface area (Å²) in [5.74, 6) is 0.618. The lowest BCUT2D eigenvalue weighted by Gasteiger charge is -2.01. The molecule has 5 heteroatoms. The number of hydrogen-bond donors (Lipinski definition) is 0. The van der Waals surface area contributed by atoms with Crippen molar-refractivity contribution in [2.24, 2.45) is 0 Å². The summed E-state index contributed by atoms with van der Waals surface area (Å²) in [6, 6.07) is 8.57. The largest absolute Gasteiger partial charge is 0.143 e. The molecule has 0 spiro atoms. The third-order valence-corrected chi connectivity index (χ3v) is 5.47. The molecule has 0 aliphatic carbocycles. The molecule has 0 saturated heterocycles. The minimum absolute atomic E-state index is 0.439. The fraction of sp³-hybridized carbons (Fsp3) is 0.333. The van der Waals surface area contributed by atoms with E-state index in [0.29, 0.717) is 11.1 Å². The number of aromatic nitrogens is 2. The fourth-order valence-electron chi connectivity index (χ4n) is 1.90. The number of alkyl halides is 1. The highest BCUT2D eigenvalue weighted by Crippen LogP contribution is 2.46. The predicted octanol–water partition coefficient (Wildman–Crippen LogP) is 3.71. The number of fused-ring (bicyclic) bond motifs is 1. The topological polar surface area (TPSA) is 25.8 Å². The van der Waals surface area contributed by atoms with Crippen LogP contribution in [0.2, 0.25) is 0 Å². The SMILES string of the molecule is ClCCc1nnc(C2Cc3ccccc3S2)s1. The molecule has 88 valence electrons. The van der Waals surface area contributed by atoms with Gasteiger partial charge in [-0.1, -0.05) is 18.2 Å². The normalized spacial score (nSPS) is 18.3. The van der Waals surface area contributed by atoms with Gasteiger partial charge in [0.1, 0.15) is 10.0 Å². The lowest BCUT2D eigenvalue weighted by atomic mass is 10.1. The molecule has 2 nitrogen and oxygen atoms in total. The van der Waals surface area contributed by atoms with E-state index in [1.165, 1.54) is 10.5 Å². The standard InChI is InChI=1S/C12H11ClN2S2/c13-6-5-11-14-15-12(17-11)10-7-8-3-1-2-4-9(8)16-10/h1-4,10H,5-7H2. The van der Waals surface area contributed by atoms with E-state index in [2.05, 4.69) is 34.5 Å². The van der Waals surface area contributed by atoms with Crippen LogP contribution in [0, 0.1) is 0 Å². The van der Waals surface area contributed by atoms with Gasteiger partial charge < -0.3 is 0 Å². The molecule has 2 aromatic rings. The Labute approximate surface area is 113 Å². The molecule has 17 heavy (non-hydrogen) atoms. The minimum atomic E-state index is 0.439. The van der Waals surface area contributed by atoms with E-state index in [-0.39, 0.29) is 0 Å². The first kappa shape index (κ1) is 11.5. The van der Waals surface area contributed by atoms with Crippen LogP contribution in [-0.2, 0) is 12.8 Å². The van der Waals surface area contributed by atoms with Crippen LogP contribution in [0.5, 0.6) is 0 Å². The molecular weight excluding hydrogens is 272 g/mol. The Bertz CT molecular complexity index is 502. The maximum absolute atomic E-state index is 5.71. The van der Waals surface area contributed by atoms with Crippen molar-refractivity contribution in [3.8, 4) is 0 Å². The lowest BCUT2D eigenvalue weighted by Crippen LogP contribution is -1.91. The third-order valence-electron chi connectivity index (χ3n) is 2.71. The van der Waals surface area contributed by atoms with Crippen LogP contribution >= 0.6 is 34.7 Å². The van der Waals surface area contributed by atoms with Gasteiger partial charge in [0.15, 0.2) is 0 Å². The molecule has 0 amide bonds. The first-order valence-corrected chi connectivity index (χ1v) is 7.72. The highest BCUT2D eigenvalue weighted by Gasteiger charge is 2.26. The van der Waals surface area contributed by atoms with E-state index in [9.17, 15) is 0 Å². The summed E-state index contributed by atoms with van der Waals surface area (Å²) in [6.07, 6.45) is 1.89. The Hall–Kier alpha value is -0.580. The molecule has 2 heterocycles. The maximum Gasteiger partial charge on any atom is 0.131 e. The zero-order valence-electron chi connectivity index (χ0n) is 9.10. The summed E-state index contributed by atoms with van der Waals surface area (Å²) < 4.78 is 0. The molecule has 3 rings (SSSR count). The average Bonchev–Trinajstić information content (AvgIpc) is 2.94. The molecule has 1 unspecified atom stereocenters. The van der Waals surface area contributed by atoms with Gasteiger partial charge in [0.25, 0.3) is 0 Å². The van der Waals surface area contributed by atoms with Crippen molar-refractivity contribution in [1.29, 1.82) is 0 Å². The summed E-state index contributed by atoms with van der Waals surface area (Å²) in [6.45, 7) is 0. The van der Waals surface area contributed by atoms with Gasteiger partial charge in [0.2, 0.25) is 0 Å². The highest BCUT2D eigenvalue weighted by atomic mass is 35.5. The first-order chi connectivity index (χ1) is 8.36. The van der Waals surface area contributed by atoms with Crippen LogP contribution in [0.3, 0.4) is 0 Å². The van der Waals surface area contributed by atoms with E-state index in [1.807, 2.05) is 11.8 Å². The van der Waals surface area contributed by atoms with Crippen molar-refractivity contribution in [3.63, 3.8) is 0 Å². The minimum Gasteiger partial charge on any atom is -0.143 e. The van der Waals surface area contributed by atoms with Crippen LogP contribution in [0.4, 0.5) is 0 Å². The smallest absolute Gasteiger partial charge is 0.131 e. The maximum atomic E-state index is 5.71. The number of halogens is 1. The van der Waals surface area contributed by atoms with Gasteiger partial charge in [-0.05, 0) is 18.1 Å². The molecule has 1 aromatic carbocycles. The van der Waals surface area contributed by atoms with Crippen molar-refractivity contribution in [3.05, 3.63) is 39.8 Å². The van der Waals surface area contributed by atoms with Crippen LogP contribution in [0.15, 0.2) is 29.2 Å². The van der Waals surface area contributed by atoms with Crippen LogP contribution in [-0.4, -0.2) is 16.1 Å². The summed E-state index contributed by atoms with van der Waals surface area (Å²) in [5, 5.41) is 11.1. The van der Waals surface area contributed by atoms with E-state index < -0.39 is 0 Å². The molecule has 1 aromatic heterocycles. The second-order valence-corrected chi connectivity index (χ2v) is 6.61. The number of rotatable bonds is 3. The molecule has 0 saturated carbocycles. The van der Waals surface area contributed by atoms with Crippen molar-refractivity contribution < 1.29 is 0 Å². The van der Waals surface area contributed by atoms with Gasteiger partial charge in [-0.25, -0.2) is 0 Å². The molecule has 0 N–H and O–H groups in total. The van der Waals surface area contributed by atoms with Crippen LogP contribution < -0.4 is 0 Å². The quantitative estimate of drug-likeness (QED) is 0.803. The highest BCUT2D eigenvalue weighted by molar-refractivity contribution is 8.00. The molecule has 0 fully saturated rings. The van der Waals surface area contributed by atoms with Gasteiger partial charge in [-0.3, -0.25) is 0 Å². The number of thioether (sulfide) groups is 1. The first-order valence-electron chi connectivity index (χ1n) is 5.49. The Balaban J connectivity index is 1.79. The second-order valence-electron chi connectivity index (χ2n) is 3.89. The van der Waals surface area contributed by atoms with Gasteiger partial charge in [-0.15, -0.1) is 44.9 Å². The molecule has 1 atom stereocenters. The Morgan fingerprint density at radius 3 is 3.00 bits per heavy atom. The van der Waals surface area contributed by atoms with Gasteiger partial charge in [0.05, 0.1) is 5.25 Å². The summed E-state index contributed by atoms with van der Waals surface area (Å²) in [5.41, 5.74) is 1.43. The molecular formula is C12H11ClN2S2. The number of hydrogen-bond acceptors (Lipinski definition) is 4. The van der Waals surface area contributed by atoms with Crippen molar-refractivity contribution in [2.45, 2.75) is 23.0 Å². The average molecular weight is 283 g/mol. The van der Waals surface area contributed by atoms with E-state index >= 15 is 0 Å². The van der Waals surface area contributed by atoms with Crippen LogP contribution in [0.1, 0.15) is 20.8 Å². The third kappa shape index (κ3) is 2.34. The lowest BCUT2D eigenvalue weighted by molar-refractivity contribution is 0.882.